The first kappa shape index (κ1) is 19.5. The Hall–Kier alpha value is -2.80. The van der Waals surface area contributed by atoms with Crippen LogP contribution in [0.1, 0.15) is 22.8 Å². The van der Waals surface area contributed by atoms with Crippen LogP contribution in [0.5, 0.6) is 0 Å². The molecule has 1 saturated heterocycles. The maximum Gasteiger partial charge on any atom is 0.253 e. The number of rotatable bonds is 3. The van der Waals surface area contributed by atoms with Gasteiger partial charge in [0.25, 0.3) is 5.91 Å². The van der Waals surface area contributed by atoms with Crippen molar-refractivity contribution in [1.82, 2.24) is 9.80 Å². The van der Waals surface area contributed by atoms with E-state index < -0.39 is 0 Å². The third-order valence-corrected chi connectivity index (χ3v) is 6.38. The lowest BCUT2D eigenvalue weighted by Crippen LogP contribution is -2.50. The van der Waals surface area contributed by atoms with Crippen molar-refractivity contribution in [3.05, 3.63) is 59.7 Å². The second kappa shape index (κ2) is 8.29. The molecule has 2 aromatic rings. The molecule has 3 amide bonds. The van der Waals surface area contributed by atoms with Crippen LogP contribution in [-0.2, 0) is 16.1 Å². The number of nitrogens with zero attached hydrogens (tertiary/aromatic N) is 3. The molecule has 4 rings (SSSR count). The summed E-state index contributed by atoms with van der Waals surface area (Å²) in [5, 5.41) is 0. The molecule has 2 heterocycles. The van der Waals surface area contributed by atoms with Crippen LogP contribution in [0.3, 0.4) is 0 Å². The molecule has 0 saturated carbocycles. The summed E-state index contributed by atoms with van der Waals surface area (Å²) in [6.45, 7) is 4.21. The molecule has 0 atom stereocenters. The van der Waals surface area contributed by atoms with Crippen molar-refractivity contribution >= 4 is 35.2 Å². The predicted molar refractivity (Wildman–Crippen MR) is 113 cm³/mol. The summed E-state index contributed by atoms with van der Waals surface area (Å²) in [6.07, 6.45) is 0. The minimum Gasteiger partial charge on any atom is -0.339 e. The molecule has 2 aromatic carbocycles. The Labute approximate surface area is 174 Å². The van der Waals surface area contributed by atoms with E-state index in [1.54, 1.807) is 33.4 Å². The lowest BCUT2D eigenvalue weighted by atomic mass is 10.1. The van der Waals surface area contributed by atoms with E-state index in [1.165, 1.54) is 0 Å². The van der Waals surface area contributed by atoms with E-state index in [4.69, 9.17) is 0 Å². The predicted octanol–water partition coefficient (Wildman–Crippen LogP) is 2.63. The summed E-state index contributed by atoms with van der Waals surface area (Å²) < 4.78 is 0. The van der Waals surface area contributed by atoms with E-state index in [1.807, 2.05) is 48.5 Å². The highest BCUT2D eigenvalue weighted by molar-refractivity contribution is 8.00. The molecule has 0 bridgehead atoms. The first-order valence-electron chi connectivity index (χ1n) is 9.69. The molecule has 150 valence electrons. The van der Waals surface area contributed by atoms with Gasteiger partial charge in [0.2, 0.25) is 11.8 Å². The Kier molecular flexibility index (Phi) is 5.58. The standard InChI is InChI=1S/C22H23N3O3S/c1-16(26)23-9-11-24(12-10-23)22(28)18-6-4-5-17(13-18)14-25-19-7-2-3-8-20(19)29-15-21(25)27/h2-8,13H,9-12,14-15H2,1H3. The minimum atomic E-state index is -0.0315. The molecule has 2 aliphatic rings. The monoisotopic (exact) mass is 409 g/mol. The van der Waals surface area contributed by atoms with Gasteiger partial charge in [-0.2, -0.15) is 0 Å². The van der Waals surface area contributed by atoms with Gasteiger partial charge in [0.05, 0.1) is 18.0 Å². The zero-order chi connectivity index (χ0) is 20.4. The zero-order valence-corrected chi connectivity index (χ0v) is 17.2. The molecule has 0 aromatic heterocycles. The maximum atomic E-state index is 12.9. The van der Waals surface area contributed by atoms with Gasteiger partial charge < -0.3 is 14.7 Å². The van der Waals surface area contributed by atoms with Gasteiger partial charge in [-0.1, -0.05) is 24.3 Å². The fourth-order valence-electron chi connectivity index (χ4n) is 3.72. The van der Waals surface area contributed by atoms with Gasteiger partial charge in [0.15, 0.2) is 0 Å². The van der Waals surface area contributed by atoms with Crippen molar-refractivity contribution in [3.8, 4) is 0 Å². The number of fused-ring (bicyclic) bond motifs is 1. The van der Waals surface area contributed by atoms with Crippen LogP contribution in [-0.4, -0.2) is 59.5 Å². The average Bonchev–Trinajstić information content (AvgIpc) is 2.75. The molecule has 1 fully saturated rings. The van der Waals surface area contributed by atoms with E-state index >= 15 is 0 Å². The molecule has 29 heavy (non-hydrogen) atoms. The van der Waals surface area contributed by atoms with Crippen molar-refractivity contribution < 1.29 is 14.4 Å². The highest BCUT2D eigenvalue weighted by Gasteiger charge is 2.26. The number of piperazine rings is 1. The minimum absolute atomic E-state index is 0.0315. The fourth-order valence-corrected chi connectivity index (χ4v) is 4.66. The van der Waals surface area contributed by atoms with Crippen molar-refractivity contribution in [1.29, 1.82) is 0 Å². The average molecular weight is 410 g/mol. The largest absolute Gasteiger partial charge is 0.339 e. The molecule has 0 unspecified atom stereocenters. The second-order valence-electron chi connectivity index (χ2n) is 7.23. The zero-order valence-electron chi connectivity index (χ0n) is 16.3. The van der Waals surface area contributed by atoms with Crippen LogP contribution < -0.4 is 4.90 Å². The van der Waals surface area contributed by atoms with E-state index in [0.717, 1.165) is 16.1 Å². The third kappa shape index (κ3) is 4.15. The van der Waals surface area contributed by atoms with E-state index in [0.29, 0.717) is 44.0 Å². The number of amides is 3. The molecule has 0 aliphatic carbocycles. The van der Waals surface area contributed by atoms with Gasteiger partial charge in [-0.05, 0) is 29.8 Å². The lowest BCUT2D eigenvalue weighted by molar-refractivity contribution is -0.130. The summed E-state index contributed by atoms with van der Waals surface area (Å²) in [5.41, 5.74) is 2.46. The number of benzene rings is 2. The Morgan fingerprint density at radius 2 is 1.69 bits per heavy atom. The Balaban J connectivity index is 1.49. The van der Waals surface area contributed by atoms with Crippen molar-refractivity contribution in [3.63, 3.8) is 0 Å². The Morgan fingerprint density at radius 3 is 2.45 bits per heavy atom. The first-order chi connectivity index (χ1) is 14.0. The smallest absolute Gasteiger partial charge is 0.253 e. The van der Waals surface area contributed by atoms with Gasteiger partial charge in [-0.3, -0.25) is 14.4 Å². The number of hydrogen-bond acceptors (Lipinski definition) is 4. The van der Waals surface area contributed by atoms with Crippen molar-refractivity contribution in [2.24, 2.45) is 0 Å². The number of para-hydroxylation sites is 1. The summed E-state index contributed by atoms with van der Waals surface area (Å²) in [4.78, 5) is 43.4. The highest BCUT2D eigenvalue weighted by Crippen LogP contribution is 2.35. The molecule has 2 aliphatic heterocycles. The van der Waals surface area contributed by atoms with Crippen LogP contribution in [0.4, 0.5) is 5.69 Å². The second-order valence-corrected chi connectivity index (χ2v) is 8.25. The Morgan fingerprint density at radius 1 is 0.966 bits per heavy atom. The van der Waals surface area contributed by atoms with E-state index in [9.17, 15) is 14.4 Å². The van der Waals surface area contributed by atoms with E-state index in [2.05, 4.69) is 0 Å². The molecule has 0 radical (unpaired) electrons. The van der Waals surface area contributed by atoms with E-state index in [-0.39, 0.29) is 17.7 Å². The van der Waals surface area contributed by atoms with Crippen molar-refractivity contribution in [2.75, 3.05) is 36.8 Å². The summed E-state index contributed by atoms with van der Waals surface area (Å²) >= 11 is 1.56. The number of anilines is 1. The number of carbonyl (C=O) groups excluding carboxylic acids is 3. The molecular formula is C22H23N3O3S. The van der Waals surface area contributed by atoms with Crippen LogP contribution in [0, 0.1) is 0 Å². The molecule has 0 spiro atoms. The van der Waals surface area contributed by atoms with Crippen LogP contribution in [0.25, 0.3) is 0 Å². The molecule has 7 heteroatoms. The summed E-state index contributed by atoms with van der Waals surface area (Å²) in [6, 6.07) is 15.4. The quantitative estimate of drug-likeness (QED) is 0.782. The number of hydrogen-bond donors (Lipinski definition) is 0. The first-order valence-corrected chi connectivity index (χ1v) is 10.7. The lowest BCUT2D eigenvalue weighted by Gasteiger charge is -2.34. The normalized spacial score (nSPS) is 16.6. The van der Waals surface area contributed by atoms with Gasteiger partial charge in [0, 0.05) is 43.6 Å². The van der Waals surface area contributed by atoms with Gasteiger partial charge in [-0.25, -0.2) is 0 Å². The maximum absolute atomic E-state index is 12.9. The topological polar surface area (TPSA) is 60.9 Å². The summed E-state index contributed by atoms with van der Waals surface area (Å²) in [7, 11) is 0. The van der Waals surface area contributed by atoms with Gasteiger partial charge in [0.1, 0.15) is 0 Å². The van der Waals surface area contributed by atoms with Crippen LogP contribution >= 0.6 is 11.8 Å². The molecular weight excluding hydrogens is 386 g/mol. The number of carbonyl (C=O) groups is 3. The molecule has 6 nitrogen and oxygen atoms in total. The van der Waals surface area contributed by atoms with Gasteiger partial charge >= 0.3 is 0 Å². The van der Waals surface area contributed by atoms with Crippen LogP contribution in [0.15, 0.2) is 53.4 Å². The SMILES string of the molecule is CC(=O)N1CCN(C(=O)c2cccc(CN3C(=O)CSc4ccccc43)c2)CC1. The number of thioether (sulfide) groups is 1. The third-order valence-electron chi connectivity index (χ3n) is 5.34. The summed E-state index contributed by atoms with van der Waals surface area (Å²) in [5.74, 6) is 0.515. The van der Waals surface area contributed by atoms with Crippen molar-refractivity contribution in [2.45, 2.75) is 18.4 Å². The molecule has 0 N–H and O–H groups in total. The van der Waals surface area contributed by atoms with Gasteiger partial charge in [-0.15, -0.1) is 11.8 Å². The highest BCUT2D eigenvalue weighted by atomic mass is 32.2. The Bertz CT molecular complexity index is 954. The fraction of sp³-hybridized carbons (Fsp3) is 0.318. The van der Waals surface area contributed by atoms with Crippen LogP contribution in [0.2, 0.25) is 0 Å².